The van der Waals surface area contributed by atoms with Gasteiger partial charge in [-0.2, -0.15) is 0 Å². The molecule has 3 aromatic rings. The van der Waals surface area contributed by atoms with Crippen LogP contribution in [0.2, 0.25) is 0 Å². The molecule has 8 nitrogen and oxygen atoms in total. The van der Waals surface area contributed by atoms with Gasteiger partial charge in [-0.05, 0) is 36.4 Å². The van der Waals surface area contributed by atoms with Crippen molar-refractivity contribution in [3.63, 3.8) is 0 Å². The molecule has 1 saturated heterocycles. The summed E-state index contributed by atoms with van der Waals surface area (Å²) < 4.78 is 28.0. The molecule has 4 rings (SSSR count). The minimum Gasteiger partial charge on any atom is -0.459 e. The van der Waals surface area contributed by atoms with Gasteiger partial charge in [0.25, 0.3) is 0 Å². The summed E-state index contributed by atoms with van der Waals surface area (Å²) in [6.07, 6.45) is -4.09. The Labute approximate surface area is 202 Å². The number of esters is 3. The highest BCUT2D eigenvalue weighted by molar-refractivity contribution is 5.90. The maximum Gasteiger partial charge on any atom is 0.340 e. The van der Waals surface area contributed by atoms with Crippen LogP contribution in [0.5, 0.6) is 0 Å². The summed E-state index contributed by atoms with van der Waals surface area (Å²) in [6, 6.07) is 25.2. The summed E-state index contributed by atoms with van der Waals surface area (Å²) in [5, 5.41) is 0. The molecule has 0 unspecified atom stereocenters. The molecule has 180 valence electrons. The second kappa shape index (κ2) is 11.4. The van der Waals surface area contributed by atoms with E-state index in [1.807, 2.05) is 0 Å². The molecule has 0 aliphatic carbocycles. The minimum absolute atomic E-state index is 0.250. The number of carbonyl (C=O) groups excluding carboxylic acids is 3. The number of carbonyl (C=O) groups is 3. The van der Waals surface area contributed by atoms with Gasteiger partial charge in [-0.15, -0.1) is 0 Å². The van der Waals surface area contributed by atoms with Crippen LogP contribution < -0.4 is 0 Å². The lowest BCUT2D eigenvalue weighted by Gasteiger charge is -2.22. The number of methoxy groups -OCH3 is 1. The van der Waals surface area contributed by atoms with Crippen molar-refractivity contribution in [3.8, 4) is 0 Å². The normalized spacial score (nSPS) is 21.2. The Morgan fingerprint density at radius 1 is 0.657 bits per heavy atom. The van der Waals surface area contributed by atoms with Crippen molar-refractivity contribution in [3.05, 3.63) is 108 Å². The van der Waals surface area contributed by atoms with E-state index in [1.54, 1.807) is 91.0 Å². The molecule has 35 heavy (non-hydrogen) atoms. The van der Waals surface area contributed by atoms with E-state index in [0.29, 0.717) is 16.7 Å². The van der Waals surface area contributed by atoms with Gasteiger partial charge < -0.3 is 23.7 Å². The molecular formula is C27H24O8. The Morgan fingerprint density at radius 3 is 1.60 bits per heavy atom. The predicted octanol–water partition coefficient (Wildman–Crippen LogP) is 3.67. The Morgan fingerprint density at radius 2 is 1.11 bits per heavy atom. The van der Waals surface area contributed by atoms with Gasteiger partial charge in [-0.25, -0.2) is 14.4 Å². The van der Waals surface area contributed by atoms with Gasteiger partial charge >= 0.3 is 17.9 Å². The van der Waals surface area contributed by atoms with Crippen LogP contribution in [0.15, 0.2) is 91.0 Å². The summed E-state index contributed by atoms with van der Waals surface area (Å²) in [5.74, 6) is -1.82. The average Bonchev–Trinajstić information content (AvgIpc) is 3.23. The van der Waals surface area contributed by atoms with E-state index >= 15 is 0 Å². The Hall–Kier alpha value is -4.01. The topological polar surface area (TPSA) is 97.4 Å². The molecule has 0 N–H and O–H groups in total. The van der Waals surface area contributed by atoms with E-state index in [-0.39, 0.29) is 6.61 Å². The highest BCUT2D eigenvalue weighted by atomic mass is 16.7. The van der Waals surface area contributed by atoms with Crippen molar-refractivity contribution >= 4 is 17.9 Å². The standard InChI is InChI=1S/C27H24O8/c1-31-23-22(34-25(29)19-13-7-3-8-14-19)21(17-32-24(28)18-11-5-2-6-12-18)33-27(23)35-26(30)20-15-9-4-10-16-20/h2-16,21-23,27H,17H2,1H3/t21-,22-,23+,27+/m1/s1. The highest BCUT2D eigenvalue weighted by Crippen LogP contribution is 2.29. The fourth-order valence-corrected chi connectivity index (χ4v) is 3.64. The molecule has 0 bridgehead atoms. The van der Waals surface area contributed by atoms with E-state index in [2.05, 4.69) is 0 Å². The molecule has 0 spiro atoms. The number of rotatable bonds is 8. The summed E-state index contributed by atoms with van der Waals surface area (Å²) in [5.41, 5.74) is 1.01. The van der Waals surface area contributed by atoms with E-state index < -0.39 is 42.5 Å². The number of hydrogen-bond donors (Lipinski definition) is 0. The van der Waals surface area contributed by atoms with E-state index in [0.717, 1.165) is 0 Å². The van der Waals surface area contributed by atoms with Gasteiger partial charge in [0.1, 0.15) is 12.7 Å². The van der Waals surface area contributed by atoms with Crippen LogP contribution in [0.1, 0.15) is 31.1 Å². The Kier molecular flexibility index (Phi) is 7.87. The van der Waals surface area contributed by atoms with Crippen LogP contribution in [0.25, 0.3) is 0 Å². The van der Waals surface area contributed by atoms with Crippen LogP contribution in [0, 0.1) is 0 Å². The Balaban J connectivity index is 1.51. The molecule has 1 fully saturated rings. The van der Waals surface area contributed by atoms with Gasteiger partial charge in [0.15, 0.2) is 12.2 Å². The SMILES string of the molecule is CO[C@@H]1[C@H](OC(=O)c2ccccc2)O[C@H](COC(=O)c2ccccc2)[C@H]1OC(=O)c1ccccc1. The van der Waals surface area contributed by atoms with Gasteiger partial charge in [0.05, 0.1) is 16.7 Å². The summed E-state index contributed by atoms with van der Waals surface area (Å²) >= 11 is 0. The lowest BCUT2D eigenvalue weighted by atomic mass is 10.1. The second-order valence-corrected chi connectivity index (χ2v) is 7.72. The Bertz CT molecular complexity index is 1130. The first kappa shape index (κ1) is 24.1. The summed E-state index contributed by atoms with van der Waals surface area (Å²) in [4.78, 5) is 37.8. The predicted molar refractivity (Wildman–Crippen MR) is 124 cm³/mol. The largest absolute Gasteiger partial charge is 0.459 e. The van der Waals surface area contributed by atoms with Crippen molar-refractivity contribution in [2.24, 2.45) is 0 Å². The fraction of sp³-hybridized carbons (Fsp3) is 0.222. The third kappa shape index (κ3) is 5.92. The third-order valence-electron chi connectivity index (χ3n) is 5.41. The lowest BCUT2D eigenvalue weighted by Crippen LogP contribution is -2.41. The van der Waals surface area contributed by atoms with Crippen molar-refractivity contribution < 1.29 is 38.1 Å². The van der Waals surface area contributed by atoms with Crippen molar-refractivity contribution in [2.75, 3.05) is 13.7 Å². The number of ether oxygens (including phenoxy) is 5. The van der Waals surface area contributed by atoms with Gasteiger partial charge in [-0.3, -0.25) is 0 Å². The van der Waals surface area contributed by atoms with Gasteiger partial charge in [0.2, 0.25) is 6.29 Å². The van der Waals surface area contributed by atoms with Crippen LogP contribution >= 0.6 is 0 Å². The van der Waals surface area contributed by atoms with Crippen LogP contribution in [0.3, 0.4) is 0 Å². The average molecular weight is 476 g/mol. The molecule has 0 amide bonds. The van der Waals surface area contributed by atoms with Crippen molar-refractivity contribution in [1.29, 1.82) is 0 Å². The maximum atomic E-state index is 12.8. The molecule has 1 aliphatic rings. The van der Waals surface area contributed by atoms with Gasteiger partial charge in [-0.1, -0.05) is 54.6 Å². The molecule has 1 heterocycles. The fourth-order valence-electron chi connectivity index (χ4n) is 3.64. The molecule has 0 radical (unpaired) electrons. The molecule has 3 aromatic carbocycles. The van der Waals surface area contributed by atoms with E-state index in [1.165, 1.54) is 7.11 Å². The first-order chi connectivity index (χ1) is 17.1. The quantitative estimate of drug-likeness (QED) is 0.359. The maximum absolute atomic E-state index is 12.8. The second-order valence-electron chi connectivity index (χ2n) is 7.72. The first-order valence-electron chi connectivity index (χ1n) is 11.0. The van der Waals surface area contributed by atoms with Crippen molar-refractivity contribution in [2.45, 2.75) is 24.6 Å². The number of hydrogen-bond acceptors (Lipinski definition) is 8. The van der Waals surface area contributed by atoms with Gasteiger partial charge in [0, 0.05) is 7.11 Å². The van der Waals surface area contributed by atoms with Crippen molar-refractivity contribution in [1.82, 2.24) is 0 Å². The minimum atomic E-state index is -1.19. The molecule has 4 atom stereocenters. The molecule has 0 saturated carbocycles. The number of benzene rings is 3. The molecule has 8 heteroatoms. The zero-order valence-electron chi connectivity index (χ0n) is 18.9. The monoisotopic (exact) mass is 476 g/mol. The third-order valence-corrected chi connectivity index (χ3v) is 5.41. The van der Waals surface area contributed by atoms with Crippen LogP contribution in [-0.2, 0) is 23.7 Å². The summed E-state index contributed by atoms with van der Waals surface area (Å²) in [6.45, 7) is -0.250. The van der Waals surface area contributed by atoms with Crippen LogP contribution in [0.4, 0.5) is 0 Å². The summed E-state index contributed by atoms with van der Waals surface area (Å²) in [7, 11) is 1.39. The van der Waals surface area contributed by atoms with Crippen LogP contribution in [-0.4, -0.2) is 56.2 Å². The zero-order chi connectivity index (χ0) is 24.6. The first-order valence-corrected chi connectivity index (χ1v) is 11.0. The van der Waals surface area contributed by atoms with E-state index in [4.69, 9.17) is 23.7 Å². The molecular weight excluding hydrogens is 452 g/mol. The smallest absolute Gasteiger partial charge is 0.340 e. The van der Waals surface area contributed by atoms with E-state index in [9.17, 15) is 14.4 Å². The molecule has 0 aromatic heterocycles. The zero-order valence-corrected chi connectivity index (χ0v) is 18.9. The highest BCUT2D eigenvalue weighted by Gasteiger charge is 2.50. The lowest BCUT2D eigenvalue weighted by molar-refractivity contribution is -0.145. The molecule has 1 aliphatic heterocycles.